The zero-order valence-electron chi connectivity index (χ0n) is 11.6. The molecule has 1 fully saturated rings. The molecule has 100 valence electrons. The predicted octanol–water partition coefficient (Wildman–Crippen LogP) is 4.24. The van der Waals surface area contributed by atoms with E-state index in [9.17, 15) is 0 Å². The van der Waals surface area contributed by atoms with E-state index >= 15 is 0 Å². The molecule has 0 N–H and O–H groups in total. The van der Waals surface area contributed by atoms with E-state index in [1.54, 1.807) is 0 Å². The molecule has 0 unspecified atom stereocenters. The van der Waals surface area contributed by atoms with Crippen LogP contribution in [0.2, 0.25) is 0 Å². The standard InChI is InChI=1S/C15H23BrN2/c1-15(2)6-4-14(5-7-15)18(3)11-12-8-13(16)10-17-9-12/h8-10,14H,4-7,11H2,1-3H3. The summed E-state index contributed by atoms with van der Waals surface area (Å²) < 4.78 is 1.07. The lowest BCUT2D eigenvalue weighted by atomic mass is 9.75. The van der Waals surface area contributed by atoms with E-state index in [1.165, 1.54) is 31.2 Å². The van der Waals surface area contributed by atoms with Gasteiger partial charge in [-0.05, 0) is 65.7 Å². The Balaban J connectivity index is 1.91. The average molecular weight is 311 g/mol. The first-order valence-corrected chi connectivity index (χ1v) is 7.55. The normalized spacial score (nSPS) is 20.3. The Labute approximate surface area is 119 Å². The van der Waals surface area contributed by atoms with Gasteiger partial charge in [0.1, 0.15) is 0 Å². The molecule has 0 atom stereocenters. The quantitative estimate of drug-likeness (QED) is 0.830. The summed E-state index contributed by atoms with van der Waals surface area (Å²) in [5.74, 6) is 0. The zero-order valence-corrected chi connectivity index (χ0v) is 13.2. The first kappa shape index (κ1) is 14.0. The minimum atomic E-state index is 0.550. The van der Waals surface area contributed by atoms with Crippen LogP contribution < -0.4 is 0 Å². The van der Waals surface area contributed by atoms with Crippen LogP contribution in [0.3, 0.4) is 0 Å². The molecular formula is C15H23BrN2. The maximum atomic E-state index is 4.23. The molecule has 0 aromatic carbocycles. The van der Waals surface area contributed by atoms with Crippen LogP contribution in [0.5, 0.6) is 0 Å². The van der Waals surface area contributed by atoms with Gasteiger partial charge in [-0.15, -0.1) is 0 Å². The molecule has 18 heavy (non-hydrogen) atoms. The summed E-state index contributed by atoms with van der Waals surface area (Å²) in [6.07, 6.45) is 9.15. The van der Waals surface area contributed by atoms with Crippen LogP contribution in [0, 0.1) is 5.41 Å². The molecule has 1 saturated carbocycles. The molecule has 0 radical (unpaired) electrons. The van der Waals surface area contributed by atoms with E-state index in [0.717, 1.165) is 17.1 Å². The summed E-state index contributed by atoms with van der Waals surface area (Å²) in [6, 6.07) is 2.90. The first-order valence-electron chi connectivity index (χ1n) is 6.76. The van der Waals surface area contributed by atoms with Gasteiger partial charge < -0.3 is 0 Å². The van der Waals surface area contributed by atoms with Crippen molar-refractivity contribution in [2.75, 3.05) is 7.05 Å². The molecule has 2 nitrogen and oxygen atoms in total. The SMILES string of the molecule is CN(Cc1cncc(Br)c1)C1CCC(C)(C)CC1. The monoisotopic (exact) mass is 310 g/mol. The second kappa shape index (κ2) is 5.70. The molecule has 1 aromatic heterocycles. The van der Waals surface area contributed by atoms with Crippen molar-refractivity contribution in [1.82, 2.24) is 9.88 Å². The Morgan fingerprint density at radius 2 is 2.00 bits per heavy atom. The van der Waals surface area contributed by atoms with Gasteiger partial charge in [-0.1, -0.05) is 13.8 Å². The second-order valence-corrected chi connectivity index (χ2v) is 7.24. The number of hydrogen-bond acceptors (Lipinski definition) is 2. The minimum Gasteiger partial charge on any atom is -0.299 e. The number of hydrogen-bond donors (Lipinski definition) is 0. The van der Waals surface area contributed by atoms with Gasteiger partial charge in [0.25, 0.3) is 0 Å². The van der Waals surface area contributed by atoms with Gasteiger partial charge in [0.05, 0.1) is 0 Å². The molecule has 1 aliphatic rings. The Morgan fingerprint density at radius 3 is 2.61 bits per heavy atom. The van der Waals surface area contributed by atoms with Crippen molar-refractivity contribution in [3.8, 4) is 0 Å². The highest BCUT2D eigenvalue weighted by Crippen LogP contribution is 2.36. The smallest absolute Gasteiger partial charge is 0.0410 e. The lowest BCUT2D eigenvalue weighted by molar-refractivity contribution is 0.123. The largest absolute Gasteiger partial charge is 0.299 e. The fraction of sp³-hybridized carbons (Fsp3) is 0.667. The van der Waals surface area contributed by atoms with Gasteiger partial charge in [0.2, 0.25) is 0 Å². The number of aromatic nitrogens is 1. The highest BCUT2D eigenvalue weighted by atomic mass is 79.9. The maximum Gasteiger partial charge on any atom is 0.0410 e. The summed E-state index contributed by atoms with van der Waals surface area (Å²) in [6.45, 7) is 5.78. The Hall–Kier alpha value is -0.410. The minimum absolute atomic E-state index is 0.550. The second-order valence-electron chi connectivity index (χ2n) is 6.32. The van der Waals surface area contributed by atoms with Crippen molar-refractivity contribution in [3.05, 3.63) is 28.5 Å². The van der Waals surface area contributed by atoms with Crippen molar-refractivity contribution >= 4 is 15.9 Å². The first-order chi connectivity index (χ1) is 8.46. The zero-order chi connectivity index (χ0) is 13.2. The van der Waals surface area contributed by atoms with E-state index in [4.69, 9.17) is 0 Å². The molecular weight excluding hydrogens is 288 g/mol. The van der Waals surface area contributed by atoms with Crippen LogP contribution in [0.4, 0.5) is 0 Å². The maximum absolute atomic E-state index is 4.23. The summed E-state index contributed by atoms with van der Waals surface area (Å²) >= 11 is 3.48. The highest BCUT2D eigenvalue weighted by Gasteiger charge is 2.28. The van der Waals surface area contributed by atoms with Crippen molar-refractivity contribution < 1.29 is 0 Å². The Kier molecular flexibility index (Phi) is 4.44. The van der Waals surface area contributed by atoms with E-state index in [0.29, 0.717) is 5.41 Å². The van der Waals surface area contributed by atoms with Crippen molar-refractivity contribution in [2.24, 2.45) is 5.41 Å². The Morgan fingerprint density at radius 1 is 1.33 bits per heavy atom. The molecule has 1 heterocycles. The lowest BCUT2D eigenvalue weighted by Crippen LogP contribution is -2.36. The van der Waals surface area contributed by atoms with Gasteiger partial charge in [-0.25, -0.2) is 0 Å². The fourth-order valence-electron chi connectivity index (χ4n) is 2.78. The lowest BCUT2D eigenvalue weighted by Gasteiger charge is -2.38. The third kappa shape index (κ3) is 3.79. The molecule has 0 saturated heterocycles. The van der Waals surface area contributed by atoms with E-state index in [-0.39, 0.29) is 0 Å². The molecule has 1 aromatic rings. The van der Waals surface area contributed by atoms with Crippen LogP contribution in [0.25, 0.3) is 0 Å². The average Bonchev–Trinajstić information content (AvgIpc) is 2.28. The summed E-state index contributed by atoms with van der Waals surface area (Å²) in [4.78, 5) is 6.72. The van der Waals surface area contributed by atoms with Gasteiger partial charge in [-0.2, -0.15) is 0 Å². The number of nitrogens with zero attached hydrogens (tertiary/aromatic N) is 2. The number of pyridine rings is 1. The molecule has 0 bridgehead atoms. The van der Waals surface area contributed by atoms with Crippen molar-refractivity contribution in [2.45, 2.75) is 52.1 Å². The Bertz CT molecular complexity index is 393. The number of rotatable bonds is 3. The molecule has 2 rings (SSSR count). The van der Waals surface area contributed by atoms with Gasteiger partial charge in [0.15, 0.2) is 0 Å². The van der Waals surface area contributed by atoms with Crippen molar-refractivity contribution in [3.63, 3.8) is 0 Å². The van der Waals surface area contributed by atoms with Gasteiger partial charge in [0, 0.05) is 29.5 Å². The predicted molar refractivity (Wildman–Crippen MR) is 79.4 cm³/mol. The van der Waals surface area contributed by atoms with Gasteiger partial charge in [-0.3, -0.25) is 9.88 Å². The molecule has 3 heteroatoms. The third-order valence-corrected chi connectivity index (χ3v) is 4.56. The van der Waals surface area contributed by atoms with Crippen LogP contribution in [0.15, 0.2) is 22.9 Å². The van der Waals surface area contributed by atoms with E-state index in [2.05, 4.69) is 52.8 Å². The van der Waals surface area contributed by atoms with E-state index < -0.39 is 0 Å². The van der Waals surface area contributed by atoms with Crippen LogP contribution in [-0.4, -0.2) is 23.0 Å². The molecule has 0 aliphatic heterocycles. The van der Waals surface area contributed by atoms with Crippen LogP contribution >= 0.6 is 15.9 Å². The molecule has 0 amide bonds. The molecule has 0 spiro atoms. The summed E-state index contributed by atoms with van der Waals surface area (Å²) in [7, 11) is 2.24. The summed E-state index contributed by atoms with van der Waals surface area (Å²) in [5.41, 5.74) is 1.84. The van der Waals surface area contributed by atoms with Crippen LogP contribution in [-0.2, 0) is 6.54 Å². The van der Waals surface area contributed by atoms with Gasteiger partial charge >= 0.3 is 0 Å². The highest BCUT2D eigenvalue weighted by molar-refractivity contribution is 9.10. The third-order valence-electron chi connectivity index (χ3n) is 4.13. The van der Waals surface area contributed by atoms with Crippen molar-refractivity contribution in [1.29, 1.82) is 0 Å². The topological polar surface area (TPSA) is 16.1 Å². The molecule has 1 aliphatic carbocycles. The number of halogens is 1. The fourth-order valence-corrected chi connectivity index (χ4v) is 3.20. The van der Waals surface area contributed by atoms with Crippen LogP contribution in [0.1, 0.15) is 45.1 Å². The van der Waals surface area contributed by atoms with E-state index in [1.807, 2.05) is 12.4 Å². The summed E-state index contributed by atoms with van der Waals surface area (Å²) in [5, 5.41) is 0.